The number of aromatic nitrogens is 2. The van der Waals surface area contributed by atoms with E-state index in [4.69, 9.17) is 16.0 Å². The van der Waals surface area contributed by atoms with Gasteiger partial charge >= 0.3 is 17.6 Å². The van der Waals surface area contributed by atoms with Crippen molar-refractivity contribution in [3.63, 3.8) is 0 Å². The molecule has 2 rings (SSSR count). The van der Waals surface area contributed by atoms with Crippen LogP contribution in [0.4, 0.5) is 0 Å². The average Bonchev–Trinajstić information content (AvgIpc) is 2.92. The number of H-pyrrole nitrogens is 1. The Balaban J connectivity index is 2.13. The summed E-state index contributed by atoms with van der Waals surface area (Å²) in [6, 6.07) is 0. The van der Waals surface area contributed by atoms with E-state index in [1.807, 2.05) is 0 Å². The lowest BCUT2D eigenvalue weighted by atomic mass is 10.2. The van der Waals surface area contributed by atoms with E-state index in [2.05, 4.69) is 10.1 Å². The fourth-order valence-corrected chi connectivity index (χ4v) is 2.38. The molecule has 1 aliphatic rings. The second-order valence-corrected chi connectivity index (χ2v) is 5.43. The fraction of sp³-hybridized carbons (Fsp3) is 0.571. The molecule has 1 fully saturated rings. The van der Waals surface area contributed by atoms with Gasteiger partial charge in [0.05, 0.1) is 19.4 Å². The molecule has 24 heavy (non-hydrogen) atoms. The molecule has 0 unspecified atom stereocenters. The van der Waals surface area contributed by atoms with Crippen molar-refractivity contribution in [2.24, 2.45) is 0 Å². The van der Waals surface area contributed by atoms with Gasteiger partial charge in [-0.15, -0.1) is 0 Å². The Bertz CT molecular complexity index is 758. The van der Waals surface area contributed by atoms with Gasteiger partial charge < -0.3 is 19.7 Å². The smallest absolute Gasteiger partial charge is 0.330 e. The standard InChI is InChI=1S/C14H18N2O8/c1-7-5-16(14(22)15-13(7)21)10-4-8(9(6-17)23-10)24-12(20)3-2-11(18)19/h5,8-10,17H,2-4,6H2,1H3,(H,18,19)(H,15,21,22)/t8-,9-,10-/m1/s1/i17D. The number of aliphatic hydroxyl groups is 1. The van der Waals surface area contributed by atoms with Gasteiger partial charge in [-0.3, -0.25) is 23.9 Å². The highest BCUT2D eigenvalue weighted by atomic mass is 16.6. The summed E-state index contributed by atoms with van der Waals surface area (Å²) >= 11 is 0. The van der Waals surface area contributed by atoms with Gasteiger partial charge in [0.1, 0.15) is 18.4 Å². The number of hydrogen-bond acceptors (Lipinski definition) is 7. The van der Waals surface area contributed by atoms with E-state index >= 15 is 0 Å². The Morgan fingerprint density at radius 3 is 2.92 bits per heavy atom. The molecule has 10 nitrogen and oxygen atoms in total. The first kappa shape index (κ1) is 16.4. The molecule has 0 radical (unpaired) electrons. The lowest BCUT2D eigenvalue weighted by molar-refractivity contribution is -0.155. The Labute approximate surface area is 137 Å². The number of nitrogens with zero attached hydrogens (tertiary/aromatic N) is 1. The van der Waals surface area contributed by atoms with E-state index in [-0.39, 0.29) is 25.9 Å². The van der Waals surface area contributed by atoms with Gasteiger partial charge in [-0.05, 0) is 6.92 Å². The number of aliphatic carboxylic acids is 1. The molecule has 0 bridgehead atoms. The normalized spacial score (nSPS) is 23.7. The highest BCUT2D eigenvalue weighted by Crippen LogP contribution is 2.30. The zero-order chi connectivity index (χ0) is 18.6. The van der Waals surface area contributed by atoms with Crippen molar-refractivity contribution in [2.75, 3.05) is 6.61 Å². The number of aliphatic hydroxyl groups excluding tert-OH is 1. The summed E-state index contributed by atoms with van der Waals surface area (Å²) in [4.78, 5) is 47.7. The lowest BCUT2D eigenvalue weighted by Gasteiger charge is -2.16. The maximum absolute atomic E-state index is 11.9. The number of carbonyl (C=O) groups is 2. The van der Waals surface area contributed by atoms with Crippen LogP contribution >= 0.6 is 0 Å². The minimum Gasteiger partial charge on any atom is -0.481 e. The lowest BCUT2D eigenvalue weighted by Crippen LogP contribution is -2.33. The number of ether oxygens (including phenoxy) is 2. The first-order valence-electron chi connectivity index (χ1n) is 7.69. The number of hydrogen-bond donors (Lipinski definition) is 3. The summed E-state index contributed by atoms with van der Waals surface area (Å²) < 4.78 is 18.8. The van der Waals surface area contributed by atoms with Crippen LogP contribution in [0.15, 0.2) is 15.8 Å². The molecule has 0 aliphatic carbocycles. The second kappa shape index (κ2) is 7.41. The molecule has 1 aromatic rings. The van der Waals surface area contributed by atoms with Crippen molar-refractivity contribution in [1.82, 2.24) is 9.55 Å². The minimum absolute atomic E-state index is 0.0955. The largest absolute Gasteiger partial charge is 0.481 e. The van der Waals surface area contributed by atoms with Crippen LogP contribution in [0.5, 0.6) is 0 Å². The zero-order valence-corrected chi connectivity index (χ0v) is 12.9. The molecular formula is C14H18N2O8. The molecule has 0 spiro atoms. The number of aromatic amines is 1. The zero-order valence-electron chi connectivity index (χ0n) is 13.9. The van der Waals surface area contributed by atoms with Crippen molar-refractivity contribution >= 4 is 11.9 Å². The average molecular weight is 343 g/mol. The molecule has 10 heteroatoms. The van der Waals surface area contributed by atoms with Gasteiger partial charge in [0.25, 0.3) is 5.56 Å². The maximum Gasteiger partial charge on any atom is 0.330 e. The summed E-state index contributed by atoms with van der Waals surface area (Å²) in [6.45, 7) is 1.32. The highest BCUT2D eigenvalue weighted by molar-refractivity contribution is 5.76. The number of rotatable bonds is 7. The molecule has 3 atom stereocenters. The number of aryl methyl sites for hydroxylation is 1. The van der Waals surface area contributed by atoms with Crippen LogP contribution in [0.3, 0.4) is 0 Å². The summed E-state index contributed by atoms with van der Waals surface area (Å²) in [6.07, 6.45) is -1.67. The molecule has 0 saturated carbocycles. The molecule has 1 saturated heterocycles. The van der Waals surface area contributed by atoms with Gasteiger partial charge in [-0.1, -0.05) is 0 Å². The van der Waals surface area contributed by atoms with Crippen LogP contribution in [0.25, 0.3) is 0 Å². The van der Waals surface area contributed by atoms with Gasteiger partial charge in [0, 0.05) is 18.2 Å². The number of carboxylic acid groups (broad SMARTS) is 1. The summed E-state index contributed by atoms with van der Waals surface area (Å²) in [7, 11) is 0. The van der Waals surface area contributed by atoms with Crippen LogP contribution in [0, 0.1) is 6.92 Å². The molecular weight excluding hydrogens is 324 g/mol. The third-order valence-corrected chi connectivity index (χ3v) is 3.63. The van der Waals surface area contributed by atoms with Gasteiger partial charge in [-0.25, -0.2) is 4.79 Å². The molecule has 1 aromatic heterocycles. The van der Waals surface area contributed by atoms with Crippen LogP contribution in [0.1, 0.15) is 31.1 Å². The van der Waals surface area contributed by atoms with Crippen LogP contribution in [-0.2, 0) is 19.1 Å². The predicted molar refractivity (Wildman–Crippen MR) is 78.4 cm³/mol. The third-order valence-electron chi connectivity index (χ3n) is 3.63. The number of carboxylic acids is 1. The van der Waals surface area contributed by atoms with Crippen molar-refractivity contribution in [2.45, 2.75) is 44.6 Å². The van der Waals surface area contributed by atoms with Crippen molar-refractivity contribution in [3.05, 3.63) is 32.6 Å². The molecule has 132 valence electrons. The molecule has 2 heterocycles. The van der Waals surface area contributed by atoms with Crippen LogP contribution in [0.2, 0.25) is 0 Å². The Morgan fingerprint density at radius 1 is 1.50 bits per heavy atom. The van der Waals surface area contributed by atoms with E-state index in [0.717, 1.165) is 0 Å². The van der Waals surface area contributed by atoms with E-state index in [0.29, 0.717) is 5.56 Å². The van der Waals surface area contributed by atoms with Crippen molar-refractivity contribution in [1.29, 1.82) is 1.43 Å². The Kier molecular flexibility index (Phi) is 5.06. The maximum atomic E-state index is 11.9. The first-order valence-corrected chi connectivity index (χ1v) is 7.28. The summed E-state index contributed by atoms with van der Waals surface area (Å²) in [5.41, 5.74) is -0.885. The highest BCUT2D eigenvalue weighted by Gasteiger charge is 2.39. The first-order chi connectivity index (χ1) is 11.8. The number of esters is 1. The number of carbonyl (C=O) groups excluding carboxylic acids is 1. The second-order valence-electron chi connectivity index (χ2n) is 5.43. The quantitative estimate of drug-likeness (QED) is 0.528. The van der Waals surface area contributed by atoms with Crippen molar-refractivity contribution < 1.29 is 29.3 Å². The van der Waals surface area contributed by atoms with Crippen LogP contribution < -0.4 is 11.2 Å². The van der Waals surface area contributed by atoms with E-state index < -0.39 is 41.6 Å². The van der Waals surface area contributed by atoms with Crippen molar-refractivity contribution in [3.8, 4) is 0 Å². The fourth-order valence-electron chi connectivity index (χ4n) is 2.38. The van der Waals surface area contributed by atoms with E-state index in [9.17, 15) is 19.2 Å². The topological polar surface area (TPSA) is 148 Å². The third kappa shape index (κ3) is 4.09. The van der Waals surface area contributed by atoms with Gasteiger partial charge in [0.15, 0.2) is 0 Å². The Hall–Kier alpha value is -2.46. The van der Waals surface area contributed by atoms with Gasteiger partial charge in [0.2, 0.25) is 1.43 Å². The van der Waals surface area contributed by atoms with E-state index in [1.54, 1.807) is 0 Å². The minimum atomic E-state index is -1.13. The molecule has 0 aromatic carbocycles. The monoisotopic (exact) mass is 343 g/mol. The summed E-state index contributed by atoms with van der Waals surface area (Å²) in [5.74, 6) is -1.85. The summed E-state index contributed by atoms with van der Waals surface area (Å²) in [5, 5.41) is 12.9. The molecule has 1 aliphatic heterocycles. The predicted octanol–water partition coefficient (Wildman–Crippen LogP) is -1.10. The van der Waals surface area contributed by atoms with E-state index in [1.165, 1.54) is 17.7 Å². The number of nitrogens with one attached hydrogen (secondary N) is 1. The molecule has 3 N–H and O–H groups in total. The Morgan fingerprint density at radius 2 is 2.25 bits per heavy atom. The molecule has 0 amide bonds. The SMILES string of the molecule is [2H]OC[C@H]1O[C@@H](n2cc(C)c(=O)[nH]c2=O)C[C@H]1OC(=O)CCC(=O)O. The van der Waals surface area contributed by atoms with Gasteiger partial charge in [-0.2, -0.15) is 0 Å². The van der Waals surface area contributed by atoms with Crippen LogP contribution in [-0.4, -0.2) is 52.0 Å².